The molecule has 7 heteroatoms. The molecule has 0 atom stereocenters. The van der Waals surface area contributed by atoms with Crippen molar-refractivity contribution in [2.24, 2.45) is 0 Å². The van der Waals surface area contributed by atoms with Crippen molar-refractivity contribution < 1.29 is 18.8 Å². The molecule has 1 fully saturated rings. The van der Waals surface area contributed by atoms with Gasteiger partial charge < -0.3 is 15.0 Å². The van der Waals surface area contributed by atoms with Crippen LogP contribution in [0.5, 0.6) is 0 Å². The van der Waals surface area contributed by atoms with E-state index in [0.717, 1.165) is 55.0 Å². The smallest absolute Gasteiger partial charge is 0.351 e. The zero-order chi connectivity index (χ0) is 19.6. The van der Waals surface area contributed by atoms with Gasteiger partial charge in [0.25, 0.3) is 0 Å². The number of quaternary nitrogens is 1. The fourth-order valence-electron chi connectivity index (χ4n) is 3.93. The lowest BCUT2D eigenvalue weighted by Gasteiger charge is -2.22. The molecule has 4 heterocycles. The van der Waals surface area contributed by atoms with Crippen LogP contribution in [0.2, 0.25) is 0 Å². The third-order valence-electron chi connectivity index (χ3n) is 5.40. The van der Waals surface area contributed by atoms with Crippen LogP contribution in [0.3, 0.4) is 0 Å². The highest BCUT2D eigenvalue weighted by molar-refractivity contribution is 6.05. The number of carbonyl (C=O) groups excluding carboxylic acids is 1. The molecule has 1 aromatic carbocycles. The summed E-state index contributed by atoms with van der Waals surface area (Å²) in [6.07, 6.45) is 3.65. The van der Waals surface area contributed by atoms with E-state index in [9.17, 15) is 4.79 Å². The molecule has 5 rings (SSSR count). The molecular formula is C22H23N5O2+2. The highest BCUT2D eigenvalue weighted by Gasteiger charge is 2.28. The number of aromatic nitrogens is 3. The summed E-state index contributed by atoms with van der Waals surface area (Å²) in [5, 5.41) is 4.02. The van der Waals surface area contributed by atoms with Gasteiger partial charge in [0, 0.05) is 11.6 Å². The molecule has 3 aromatic heterocycles. The van der Waals surface area contributed by atoms with E-state index in [-0.39, 0.29) is 5.91 Å². The second kappa shape index (κ2) is 7.62. The SMILES string of the molecule is O=C(Nc1cccc2cccnc12)c1[nH]c(C[NH+]2CCOCC2)c2cccc[n+]12. The summed E-state index contributed by atoms with van der Waals surface area (Å²) in [6, 6.07) is 15.6. The topological polar surface area (TPSA) is 75.5 Å². The monoisotopic (exact) mass is 389 g/mol. The van der Waals surface area contributed by atoms with Gasteiger partial charge in [-0.3, -0.25) is 9.78 Å². The molecule has 146 valence electrons. The number of carbonyl (C=O) groups is 1. The molecule has 1 aliphatic rings. The molecule has 4 aromatic rings. The Hall–Kier alpha value is -3.29. The van der Waals surface area contributed by atoms with Crippen LogP contribution in [0, 0.1) is 0 Å². The Kier molecular flexibility index (Phi) is 4.67. The van der Waals surface area contributed by atoms with Crippen molar-refractivity contribution in [2.45, 2.75) is 6.54 Å². The van der Waals surface area contributed by atoms with E-state index in [0.29, 0.717) is 11.5 Å². The van der Waals surface area contributed by atoms with Crippen molar-refractivity contribution in [3.63, 3.8) is 0 Å². The first kappa shape index (κ1) is 17.8. The third-order valence-corrected chi connectivity index (χ3v) is 5.40. The van der Waals surface area contributed by atoms with Crippen molar-refractivity contribution in [1.29, 1.82) is 0 Å². The van der Waals surface area contributed by atoms with Gasteiger partial charge in [-0.25, -0.2) is 4.98 Å². The fourth-order valence-corrected chi connectivity index (χ4v) is 3.93. The van der Waals surface area contributed by atoms with Crippen LogP contribution in [-0.2, 0) is 11.3 Å². The van der Waals surface area contributed by atoms with E-state index in [4.69, 9.17) is 4.74 Å². The number of fused-ring (bicyclic) bond motifs is 2. The maximum atomic E-state index is 13.2. The van der Waals surface area contributed by atoms with Gasteiger partial charge in [0.05, 0.1) is 30.6 Å². The molecule has 1 aliphatic heterocycles. The summed E-state index contributed by atoms with van der Waals surface area (Å²) in [6.45, 7) is 4.34. The molecule has 0 unspecified atom stereocenters. The van der Waals surface area contributed by atoms with Gasteiger partial charge in [-0.1, -0.05) is 24.3 Å². The third kappa shape index (κ3) is 3.46. The Morgan fingerprint density at radius 1 is 1.14 bits per heavy atom. The average molecular weight is 389 g/mol. The minimum Gasteiger partial charge on any atom is -0.370 e. The molecule has 0 radical (unpaired) electrons. The fraction of sp³-hybridized carbons (Fsp3) is 0.227. The largest absolute Gasteiger partial charge is 0.370 e. The van der Waals surface area contributed by atoms with Crippen molar-refractivity contribution >= 4 is 28.0 Å². The standard InChI is InChI=1S/C22H21N5O2/c28-22(25-17-7-3-5-16-6-4-9-23-20(16)17)21-24-18(15-26-11-13-29-14-12-26)19-8-1-2-10-27(19)21/h1-10H,11-15H2,(H,25,28)/p+2. The molecule has 0 bridgehead atoms. The molecule has 7 nitrogen and oxygen atoms in total. The minimum atomic E-state index is -0.187. The maximum absolute atomic E-state index is 13.2. The van der Waals surface area contributed by atoms with E-state index in [2.05, 4.69) is 15.3 Å². The van der Waals surface area contributed by atoms with Gasteiger partial charge in [0.15, 0.2) is 5.52 Å². The molecule has 0 aliphatic carbocycles. The Balaban J connectivity index is 1.48. The molecule has 1 amide bonds. The number of para-hydroxylation sites is 1. The Morgan fingerprint density at radius 2 is 2.00 bits per heavy atom. The van der Waals surface area contributed by atoms with E-state index < -0.39 is 0 Å². The van der Waals surface area contributed by atoms with Gasteiger partial charge in [-0.05, 0) is 24.3 Å². The van der Waals surface area contributed by atoms with Gasteiger partial charge in [-0.2, -0.15) is 4.40 Å². The number of rotatable bonds is 4. The average Bonchev–Trinajstić information content (AvgIpc) is 3.13. The highest BCUT2D eigenvalue weighted by Crippen LogP contribution is 2.21. The van der Waals surface area contributed by atoms with Crippen molar-refractivity contribution in [3.05, 3.63) is 72.4 Å². The number of hydrogen-bond acceptors (Lipinski definition) is 3. The summed E-state index contributed by atoms with van der Waals surface area (Å²) in [5.74, 6) is 0.323. The van der Waals surface area contributed by atoms with Gasteiger partial charge >= 0.3 is 11.7 Å². The van der Waals surface area contributed by atoms with E-state index in [1.54, 1.807) is 6.20 Å². The lowest BCUT2D eigenvalue weighted by atomic mass is 10.2. The quantitative estimate of drug-likeness (QED) is 0.455. The first-order chi connectivity index (χ1) is 14.3. The molecule has 1 saturated heterocycles. The number of nitrogens with zero attached hydrogens (tertiary/aromatic N) is 2. The highest BCUT2D eigenvalue weighted by atomic mass is 16.5. The lowest BCUT2D eigenvalue weighted by Crippen LogP contribution is -3.12. The van der Waals surface area contributed by atoms with Crippen molar-refractivity contribution in [3.8, 4) is 0 Å². The molecule has 0 saturated carbocycles. The number of H-pyrrole nitrogens is 1. The van der Waals surface area contributed by atoms with Gasteiger partial charge in [0.1, 0.15) is 19.6 Å². The van der Waals surface area contributed by atoms with E-state index in [1.165, 1.54) is 4.90 Å². The minimum absolute atomic E-state index is 0.187. The number of pyridine rings is 2. The second-order valence-electron chi connectivity index (χ2n) is 7.28. The number of benzene rings is 1. The Labute approximate surface area is 167 Å². The molecule has 29 heavy (non-hydrogen) atoms. The number of aromatic amines is 1. The summed E-state index contributed by atoms with van der Waals surface area (Å²) in [5.41, 5.74) is 3.56. The van der Waals surface area contributed by atoms with Crippen LogP contribution in [-0.4, -0.2) is 42.2 Å². The van der Waals surface area contributed by atoms with Crippen LogP contribution >= 0.6 is 0 Å². The normalized spacial score (nSPS) is 15.0. The Bertz CT molecular complexity index is 1170. The lowest BCUT2D eigenvalue weighted by molar-refractivity contribution is -0.921. The van der Waals surface area contributed by atoms with Gasteiger partial charge in [-0.15, -0.1) is 0 Å². The first-order valence-corrected chi connectivity index (χ1v) is 9.87. The zero-order valence-corrected chi connectivity index (χ0v) is 16.0. The summed E-state index contributed by atoms with van der Waals surface area (Å²) >= 11 is 0. The molecule has 3 N–H and O–H groups in total. The number of hydrogen-bond donors (Lipinski definition) is 3. The predicted molar refractivity (Wildman–Crippen MR) is 109 cm³/mol. The van der Waals surface area contributed by atoms with Crippen LogP contribution in [0.4, 0.5) is 5.69 Å². The van der Waals surface area contributed by atoms with E-state index >= 15 is 0 Å². The van der Waals surface area contributed by atoms with Crippen LogP contribution in [0.1, 0.15) is 16.3 Å². The van der Waals surface area contributed by atoms with Gasteiger partial charge in [0.2, 0.25) is 5.69 Å². The molecular weight excluding hydrogens is 366 g/mol. The maximum Gasteiger partial charge on any atom is 0.351 e. The second-order valence-corrected chi connectivity index (χ2v) is 7.28. The number of amides is 1. The number of nitrogens with one attached hydrogen (secondary N) is 3. The number of morpholine rings is 1. The number of imidazole rings is 1. The zero-order valence-electron chi connectivity index (χ0n) is 16.0. The van der Waals surface area contributed by atoms with Crippen molar-refractivity contribution in [1.82, 2.24) is 9.97 Å². The van der Waals surface area contributed by atoms with E-state index in [1.807, 2.05) is 59.1 Å². The number of anilines is 1. The summed E-state index contributed by atoms with van der Waals surface area (Å²) in [4.78, 5) is 22.4. The summed E-state index contributed by atoms with van der Waals surface area (Å²) < 4.78 is 7.38. The van der Waals surface area contributed by atoms with Crippen LogP contribution in [0.25, 0.3) is 16.4 Å². The first-order valence-electron chi connectivity index (χ1n) is 9.87. The predicted octanol–water partition coefficient (Wildman–Crippen LogP) is 0.969. The van der Waals surface area contributed by atoms with Crippen molar-refractivity contribution in [2.75, 3.05) is 31.6 Å². The van der Waals surface area contributed by atoms with Crippen LogP contribution in [0.15, 0.2) is 60.9 Å². The number of ether oxygens (including phenoxy) is 1. The Morgan fingerprint density at radius 3 is 2.90 bits per heavy atom. The molecule has 0 spiro atoms. The van der Waals surface area contributed by atoms with Crippen LogP contribution < -0.4 is 14.6 Å². The summed E-state index contributed by atoms with van der Waals surface area (Å²) in [7, 11) is 0.